The second-order valence-electron chi connectivity index (χ2n) is 12.5. The predicted octanol–water partition coefficient (Wildman–Crippen LogP) is 7.10. The quantitative estimate of drug-likeness (QED) is 0.139. The maximum absolute atomic E-state index is 13.3. The number of benzene rings is 1. The molecular weight excluding hydrogens is 490 g/mol. The first-order chi connectivity index (χ1) is 18.3. The van der Waals surface area contributed by atoms with Crippen molar-refractivity contribution in [3.63, 3.8) is 0 Å². The minimum absolute atomic E-state index is 0.0541. The predicted molar refractivity (Wildman–Crippen MR) is 154 cm³/mol. The number of carbonyl (C=O) groups is 3. The summed E-state index contributed by atoms with van der Waals surface area (Å²) in [5.41, 5.74) is 0.384. The normalized spacial score (nSPS) is 16.1. The average molecular weight is 530 g/mol. The number of hydrogen-bond donors (Lipinski definition) is 2. The van der Waals surface area contributed by atoms with E-state index in [1.807, 2.05) is 71.9 Å². The molecule has 0 unspecified atom stereocenters. The third kappa shape index (κ3) is 5.72. The molecule has 0 radical (unpaired) electrons. The molecule has 1 aromatic carbocycles. The molecule has 1 amide bonds. The Hall–Kier alpha value is -3.61. The molecule has 2 heterocycles. The standard InChI is InChI=1S/C32H39N3O4/c1-7-32(8-2)16-23(36)26(24(37)17-32)29(39)31(5,6)19-30(3,4)18-25(38)35-22-15-20-11-9-13-33-27(20)28-21(22)12-10-14-34-28/h9-15,39H,7-8,16-19H2,1-6H3,(H,35,38). The van der Waals surface area contributed by atoms with Crippen LogP contribution in [0.4, 0.5) is 5.69 Å². The number of ketones is 2. The van der Waals surface area contributed by atoms with E-state index in [1.54, 1.807) is 12.4 Å². The van der Waals surface area contributed by atoms with Gasteiger partial charge in [-0.05, 0) is 54.4 Å². The first-order valence-electron chi connectivity index (χ1n) is 13.7. The Labute approximate surface area is 230 Å². The SMILES string of the molecule is CCC1(CC)CC(=O)C(=C(O)C(C)(C)CC(C)(C)CC(=O)Nc2cc3cccnc3c3ncccc23)C(=O)C1. The van der Waals surface area contributed by atoms with Gasteiger partial charge >= 0.3 is 0 Å². The third-order valence-corrected chi connectivity index (χ3v) is 8.30. The molecule has 1 saturated carbocycles. The minimum atomic E-state index is -0.867. The summed E-state index contributed by atoms with van der Waals surface area (Å²) >= 11 is 0. The number of aliphatic hydroxyl groups is 1. The molecular formula is C32H39N3O4. The van der Waals surface area contributed by atoms with Crippen molar-refractivity contribution < 1.29 is 19.5 Å². The van der Waals surface area contributed by atoms with Gasteiger partial charge < -0.3 is 10.4 Å². The van der Waals surface area contributed by atoms with Gasteiger partial charge in [0.2, 0.25) is 5.91 Å². The molecule has 7 heteroatoms. The summed E-state index contributed by atoms with van der Waals surface area (Å²) < 4.78 is 0. The van der Waals surface area contributed by atoms with Gasteiger partial charge in [0.1, 0.15) is 5.76 Å². The summed E-state index contributed by atoms with van der Waals surface area (Å²) in [6.07, 6.45) is 6.07. The van der Waals surface area contributed by atoms with Crippen LogP contribution in [0, 0.1) is 16.2 Å². The zero-order valence-corrected chi connectivity index (χ0v) is 23.9. The fraction of sp³-hybridized carbons (Fsp3) is 0.469. The van der Waals surface area contributed by atoms with Gasteiger partial charge in [0.15, 0.2) is 11.6 Å². The van der Waals surface area contributed by atoms with Crippen LogP contribution in [0.15, 0.2) is 54.1 Å². The van der Waals surface area contributed by atoms with Gasteiger partial charge in [0.05, 0.1) is 22.3 Å². The molecule has 2 aromatic heterocycles. The summed E-state index contributed by atoms with van der Waals surface area (Å²) in [5.74, 6) is -0.882. The smallest absolute Gasteiger partial charge is 0.224 e. The number of Topliss-reactive ketones (excluding diaryl/α,β-unsaturated/α-hetero) is 2. The highest BCUT2D eigenvalue weighted by molar-refractivity contribution is 6.22. The lowest BCUT2D eigenvalue weighted by Crippen LogP contribution is -2.38. The zero-order chi connectivity index (χ0) is 28.6. The van der Waals surface area contributed by atoms with Crippen LogP contribution in [0.3, 0.4) is 0 Å². The number of fused-ring (bicyclic) bond motifs is 3. The number of nitrogens with zero attached hydrogens (tertiary/aromatic N) is 2. The van der Waals surface area contributed by atoms with E-state index >= 15 is 0 Å². The maximum atomic E-state index is 13.3. The number of aliphatic hydroxyl groups excluding tert-OH is 1. The fourth-order valence-corrected chi connectivity index (χ4v) is 6.28. The molecule has 1 fully saturated rings. The number of pyridine rings is 2. The van der Waals surface area contributed by atoms with Crippen LogP contribution >= 0.6 is 0 Å². The summed E-state index contributed by atoms with van der Waals surface area (Å²) in [6, 6.07) is 9.43. The number of carbonyl (C=O) groups excluding carboxylic acids is 3. The Balaban J connectivity index is 1.53. The second kappa shape index (κ2) is 10.5. The number of aromatic nitrogens is 2. The van der Waals surface area contributed by atoms with Crippen LogP contribution in [0.5, 0.6) is 0 Å². The van der Waals surface area contributed by atoms with E-state index in [1.165, 1.54) is 0 Å². The fourth-order valence-electron chi connectivity index (χ4n) is 6.28. The van der Waals surface area contributed by atoms with Crippen molar-refractivity contribution in [3.8, 4) is 0 Å². The van der Waals surface area contributed by atoms with Gasteiger partial charge in [-0.2, -0.15) is 0 Å². The Morgan fingerprint density at radius 2 is 1.56 bits per heavy atom. The molecule has 206 valence electrons. The molecule has 0 spiro atoms. The summed E-state index contributed by atoms with van der Waals surface area (Å²) in [4.78, 5) is 48.4. The molecule has 1 aliphatic carbocycles. The van der Waals surface area contributed by atoms with Crippen molar-refractivity contribution >= 4 is 45.0 Å². The van der Waals surface area contributed by atoms with E-state index in [0.29, 0.717) is 12.1 Å². The van der Waals surface area contributed by atoms with Crippen molar-refractivity contribution in [1.29, 1.82) is 0 Å². The Bertz CT molecular complexity index is 1460. The number of hydrogen-bond acceptors (Lipinski definition) is 6. The lowest BCUT2D eigenvalue weighted by Gasteiger charge is -2.38. The number of allylic oxidation sites excluding steroid dienone is 2. The highest BCUT2D eigenvalue weighted by Gasteiger charge is 2.44. The Morgan fingerprint density at radius 3 is 2.18 bits per heavy atom. The van der Waals surface area contributed by atoms with Gasteiger partial charge in [-0.15, -0.1) is 0 Å². The van der Waals surface area contributed by atoms with E-state index < -0.39 is 10.8 Å². The monoisotopic (exact) mass is 529 g/mol. The van der Waals surface area contributed by atoms with E-state index in [2.05, 4.69) is 15.3 Å². The third-order valence-electron chi connectivity index (χ3n) is 8.30. The van der Waals surface area contributed by atoms with Gasteiger partial charge in [-0.1, -0.05) is 47.6 Å². The molecule has 4 rings (SSSR count). The van der Waals surface area contributed by atoms with Gasteiger partial charge in [0.25, 0.3) is 0 Å². The van der Waals surface area contributed by atoms with Crippen LogP contribution in [0.25, 0.3) is 21.8 Å². The molecule has 0 saturated heterocycles. The molecule has 3 aromatic rings. The van der Waals surface area contributed by atoms with Crippen LogP contribution in [0.2, 0.25) is 0 Å². The minimum Gasteiger partial charge on any atom is -0.511 e. The number of amides is 1. The first-order valence-corrected chi connectivity index (χ1v) is 13.7. The lowest BCUT2D eigenvalue weighted by molar-refractivity contribution is -0.129. The second-order valence-corrected chi connectivity index (χ2v) is 12.5. The van der Waals surface area contributed by atoms with Crippen molar-refractivity contribution in [2.45, 2.75) is 80.1 Å². The Kier molecular flexibility index (Phi) is 7.66. The van der Waals surface area contributed by atoms with Crippen LogP contribution < -0.4 is 5.32 Å². The highest BCUT2D eigenvalue weighted by atomic mass is 16.3. The van der Waals surface area contributed by atoms with E-state index in [0.717, 1.165) is 34.6 Å². The molecule has 2 N–H and O–H groups in total. The summed E-state index contributed by atoms with van der Waals surface area (Å²) in [6.45, 7) is 11.6. The van der Waals surface area contributed by atoms with Crippen LogP contribution in [-0.4, -0.2) is 32.5 Å². The lowest BCUT2D eigenvalue weighted by atomic mass is 9.65. The summed E-state index contributed by atoms with van der Waals surface area (Å²) in [7, 11) is 0. The van der Waals surface area contributed by atoms with Crippen molar-refractivity contribution in [3.05, 3.63) is 54.1 Å². The van der Waals surface area contributed by atoms with Gasteiger partial charge in [-0.25, -0.2) is 0 Å². The number of rotatable bonds is 8. The Morgan fingerprint density at radius 1 is 0.974 bits per heavy atom. The number of anilines is 1. The molecule has 0 bridgehead atoms. The molecule has 0 aliphatic heterocycles. The maximum Gasteiger partial charge on any atom is 0.224 e. The first kappa shape index (κ1) is 28.4. The molecule has 1 aliphatic rings. The van der Waals surface area contributed by atoms with E-state index in [-0.39, 0.29) is 53.5 Å². The van der Waals surface area contributed by atoms with Crippen molar-refractivity contribution in [2.24, 2.45) is 16.2 Å². The highest BCUT2D eigenvalue weighted by Crippen LogP contribution is 2.46. The molecule has 7 nitrogen and oxygen atoms in total. The van der Waals surface area contributed by atoms with Crippen LogP contribution in [-0.2, 0) is 14.4 Å². The zero-order valence-electron chi connectivity index (χ0n) is 23.9. The molecule has 0 atom stereocenters. The van der Waals surface area contributed by atoms with Crippen molar-refractivity contribution in [1.82, 2.24) is 9.97 Å². The van der Waals surface area contributed by atoms with Crippen LogP contribution in [0.1, 0.15) is 80.1 Å². The largest absolute Gasteiger partial charge is 0.511 e. The van der Waals surface area contributed by atoms with E-state index in [9.17, 15) is 19.5 Å². The summed E-state index contributed by atoms with van der Waals surface area (Å²) in [5, 5.41) is 16.0. The average Bonchev–Trinajstić information content (AvgIpc) is 2.87. The molecule has 39 heavy (non-hydrogen) atoms. The topological polar surface area (TPSA) is 109 Å². The van der Waals surface area contributed by atoms with Gasteiger partial charge in [0, 0.05) is 47.8 Å². The van der Waals surface area contributed by atoms with Crippen molar-refractivity contribution in [2.75, 3.05) is 5.32 Å². The van der Waals surface area contributed by atoms with Gasteiger partial charge in [-0.3, -0.25) is 24.4 Å². The van der Waals surface area contributed by atoms with E-state index in [4.69, 9.17) is 0 Å². The number of nitrogens with one attached hydrogen (secondary N) is 1.